The van der Waals surface area contributed by atoms with E-state index in [2.05, 4.69) is 10.3 Å². The number of methoxy groups -OCH3 is 1. The van der Waals surface area contributed by atoms with E-state index < -0.39 is 35.6 Å². The molecule has 1 heterocycles. The van der Waals surface area contributed by atoms with Crippen LogP contribution < -0.4 is 10.1 Å². The summed E-state index contributed by atoms with van der Waals surface area (Å²) < 4.78 is 46.5. The number of nitrogens with zero attached hydrogens (tertiary/aromatic N) is 1. The Morgan fingerprint density at radius 2 is 1.83 bits per heavy atom. The van der Waals surface area contributed by atoms with E-state index in [0.717, 1.165) is 24.3 Å². The molecule has 1 aliphatic rings. The van der Waals surface area contributed by atoms with Crippen molar-refractivity contribution in [2.45, 2.75) is 43.9 Å². The Morgan fingerprint density at radius 1 is 1.08 bits per heavy atom. The van der Waals surface area contributed by atoms with Crippen LogP contribution in [0.5, 0.6) is 5.75 Å². The lowest BCUT2D eigenvalue weighted by molar-refractivity contribution is -0.117. The van der Waals surface area contributed by atoms with Crippen molar-refractivity contribution in [3.63, 3.8) is 0 Å². The summed E-state index contributed by atoms with van der Waals surface area (Å²) in [5, 5.41) is 25.1. The van der Waals surface area contributed by atoms with Gasteiger partial charge in [0.25, 0.3) is 0 Å². The van der Waals surface area contributed by atoms with Crippen molar-refractivity contribution in [3.05, 3.63) is 77.2 Å². The van der Waals surface area contributed by atoms with Gasteiger partial charge >= 0.3 is 0 Å². The molecule has 0 bridgehead atoms. The number of aromatic nitrogens is 1. The molecule has 0 radical (unpaired) electrons. The Bertz CT molecular complexity index is 1280. The van der Waals surface area contributed by atoms with Gasteiger partial charge < -0.3 is 20.3 Å². The van der Waals surface area contributed by atoms with E-state index in [9.17, 15) is 28.2 Å². The van der Waals surface area contributed by atoms with E-state index in [0.29, 0.717) is 36.6 Å². The van der Waals surface area contributed by atoms with Gasteiger partial charge in [0.1, 0.15) is 29.0 Å². The van der Waals surface area contributed by atoms with Gasteiger partial charge in [-0.3, -0.25) is 9.78 Å². The van der Waals surface area contributed by atoms with Crippen LogP contribution in [0.2, 0.25) is 0 Å². The van der Waals surface area contributed by atoms with Crippen molar-refractivity contribution in [2.24, 2.45) is 5.92 Å². The van der Waals surface area contributed by atoms with Crippen LogP contribution in [0.15, 0.2) is 48.7 Å². The number of fused-ring (bicyclic) bond motifs is 1. The minimum Gasteiger partial charge on any atom is -0.497 e. The average molecular weight is 501 g/mol. The molecule has 0 saturated heterocycles. The molecule has 0 spiro atoms. The highest BCUT2D eigenvalue weighted by Gasteiger charge is 2.32. The molecule has 3 aromatic rings. The number of benzene rings is 2. The molecule has 0 unspecified atom stereocenters. The minimum atomic E-state index is -1.26. The fraction of sp³-hybridized carbons (Fsp3) is 0.333. The number of aliphatic hydroxyl groups excluding tert-OH is 2. The molecule has 4 rings (SSSR count). The molecule has 1 fully saturated rings. The molecular formula is C27H27F3N2O4. The predicted octanol–water partition coefficient (Wildman–Crippen LogP) is 4.44. The van der Waals surface area contributed by atoms with E-state index in [1.165, 1.54) is 25.4 Å². The van der Waals surface area contributed by atoms with Gasteiger partial charge in [-0.2, -0.15) is 0 Å². The van der Waals surface area contributed by atoms with Gasteiger partial charge in [-0.15, -0.1) is 0 Å². The van der Waals surface area contributed by atoms with Gasteiger partial charge in [0, 0.05) is 35.3 Å². The van der Waals surface area contributed by atoms with Crippen molar-refractivity contribution in [2.75, 3.05) is 7.11 Å². The van der Waals surface area contributed by atoms with Crippen LogP contribution in [0.3, 0.4) is 0 Å². The van der Waals surface area contributed by atoms with Crippen LogP contribution in [0.4, 0.5) is 13.2 Å². The van der Waals surface area contributed by atoms with Crippen LogP contribution in [0.25, 0.3) is 17.0 Å². The van der Waals surface area contributed by atoms with Gasteiger partial charge in [0.05, 0.1) is 13.2 Å². The van der Waals surface area contributed by atoms with Crippen molar-refractivity contribution in [3.8, 4) is 5.75 Å². The molecule has 2 atom stereocenters. The molecule has 0 aliphatic heterocycles. The monoisotopic (exact) mass is 500 g/mol. The van der Waals surface area contributed by atoms with Gasteiger partial charge in [-0.1, -0.05) is 0 Å². The topological polar surface area (TPSA) is 91.7 Å². The summed E-state index contributed by atoms with van der Waals surface area (Å²) in [7, 11) is 1.41. The van der Waals surface area contributed by atoms with Crippen LogP contribution in [-0.2, 0) is 4.79 Å². The Kier molecular flexibility index (Phi) is 7.91. The molecule has 3 N–H and O–H groups in total. The average Bonchev–Trinajstić information content (AvgIpc) is 2.88. The first kappa shape index (κ1) is 25.7. The first-order valence-corrected chi connectivity index (χ1v) is 11.7. The zero-order valence-electron chi connectivity index (χ0n) is 19.6. The molecule has 36 heavy (non-hydrogen) atoms. The fourth-order valence-corrected chi connectivity index (χ4v) is 4.69. The minimum absolute atomic E-state index is 0.0212. The number of rotatable bonds is 7. The largest absolute Gasteiger partial charge is 0.497 e. The van der Waals surface area contributed by atoms with Crippen LogP contribution >= 0.6 is 0 Å². The Hall–Kier alpha value is -3.43. The molecule has 6 nitrogen and oxygen atoms in total. The molecule has 190 valence electrons. The van der Waals surface area contributed by atoms with E-state index in [1.54, 1.807) is 12.1 Å². The standard InChI is InChI=1S/C27H27F3N2O4/c1-36-19-13-21-20(10-11-31-25(21)23(30)14-19)27(35)26(34)15-2-6-18(7-3-15)32-24(33)9-4-16-12-17(28)5-8-22(16)29/h4-5,8-15,18,26-27,34-35H,2-3,6-7H2,1H3,(H,32,33)/t15-,18-,26-,27-/m1/s1. The summed E-state index contributed by atoms with van der Waals surface area (Å²) in [6.07, 6.45) is 3.64. The molecule has 1 aromatic heterocycles. The van der Waals surface area contributed by atoms with Crippen molar-refractivity contribution in [1.82, 2.24) is 10.3 Å². The summed E-state index contributed by atoms with van der Waals surface area (Å²) >= 11 is 0. The Balaban J connectivity index is 1.37. The second-order valence-electron chi connectivity index (χ2n) is 8.96. The molecule has 1 saturated carbocycles. The summed E-state index contributed by atoms with van der Waals surface area (Å²) in [6, 6.07) is 7.19. The zero-order chi connectivity index (χ0) is 25.8. The third-order valence-corrected chi connectivity index (χ3v) is 6.66. The van der Waals surface area contributed by atoms with Gasteiger partial charge in [0.15, 0.2) is 5.82 Å². The number of ether oxygens (including phenoxy) is 1. The van der Waals surface area contributed by atoms with E-state index >= 15 is 0 Å². The second-order valence-corrected chi connectivity index (χ2v) is 8.96. The molecule has 1 aliphatic carbocycles. The highest BCUT2D eigenvalue weighted by molar-refractivity contribution is 5.92. The molecule has 9 heteroatoms. The first-order chi connectivity index (χ1) is 17.3. The Morgan fingerprint density at radius 3 is 2.56 bits per heavy atom. The van der Waals surface area contributed by atoms with Gasteiger partial charge in [-0.05, 0) is 73.6 Å². The highest BCUT2D eigenvalue weighted by Crippen LogP contribution is 2.36. The third kappa shape index (κ3) is 5.68. The lowest BCUT2D eigenvalue weighted by atomic mass is 9.79. The lowest BCUT2D eigenvalue weighted by Crippen LogP contribution is -2.39. The number of amides is 1. The summed E-state index contributed by atoms with van der Waals surface area (Å²) in [5.41, 5.74) is 0.416. The number of aliphatic hydroxyl groups is 2. The second kappa shape index (κ2) is 11.1. The smallest absolute Gasteiger partial charge is 0.244 e. The molecule has 1 amide bonds. The molecule has 2 aromatic carbocycles. The number of nitrogens with one attached hydrogen (secondary N) is 1. The first-order valence-electron chi connectivity index (χ1n) is 11.7. The summed E-state index contributed by atoms with van der Waals surface area (Å²) in [6.45, 7) is 0. The maximum atomic E-state index is 14.4. The van der Waals surface area contributed by atoms with E-state index in [-0.39, 0.29) is 28.8 Å². The van der Waals surface area contributed by atoms with E-state index in [4.69, 9.17) is 4.74 Å². The van der Waals surface area contributed by atoms with Crippen molar-refractivity contribution < 1.29 is 32.9 Å². The van der Waals surface area contributed by atoms with E-state index in [1.807, 2.05) is 0 Å². The molecular weight excluding hydrogens is 473 g/mol. The normalized spacial score (nSPS) is 19.8. The number of carbonyl (C=O) groups is 1. The maximum absolute atomic E-state index is 14.4. The number of hydrogen-bond acceptors (Lipinski definition) is 5. The van der Waals surface area contributed by atoms with Gasteiger partial charge in [-0.25, -0.2) is 13.2 Å². The van der Waals surface area contributed by atoms with Crippen molar-refractivity contribution in [1.29, 1.82) is 0 Å². The number of halogens is 3. The number of pyridine rings is 1. The summed E-state index contributed by atoms with van der Waals surface area (Å²) in [4.78, 5) is 16.3. The van der Waals surface area contributed by atoms with Crippen LogP contribution in [-0.4, -0.2) is 40.4 Å². The zero-order valence-corrected chi connectivity index (χ0v) is 19.6. The predicted molar refractivity (Wildman–Crippen MR) is 129 cm³/mol. The maximum Gasteiger partial charge on any atom is 0.244 e. The third-order valence-electron chi connectivity index (χ3n) is 6.66. The number of carbonyl (C=O) groups excluding carboxylic acids is 1. The van der Waals surface area contributed by atoms with Crippen LogP contribution in [0.1, 0.15) is 42.9 Å². The van der Waals surface area contributed by atoms with Crippen molar-refractivity contribution >= 4 is 22.9 Å². The van der Waals surface area contributed by atoms with Gasteiger partial charge in [0.2, 0.25) is 5.91 Å². The lowest BCUT2D eigenvalue weighted by Gasteiger charge is -2.34. The quantitative estimate of drug-likeness (QED) is 0.417. The highest BCUT2D eigenvalue weighted by atomic mass is 19.1. The Labute approximate surface area is 206 Å². The SMILES string of the molecule is COc1cc(F)c2nccc([C@@H](O)[C@H](O)[C@H]3CC[C@H](NC(=O)C=Cc4cc(F)ccc4F)CC3)c2c1. The summed E-state index contributed by atoms with van der Waals surface area (Å²) in [5.74, 6) is -2.19. The number of hydrogen-bond donors (Lipinski definition) is 3. The van der Waals surface area contributed by atoms with Crippen LogP contribution in [0, 0.1) is 23.4 Å². The fourth-order valence-electron chi connectivity index (χ4n) is 4.69.